The van der Waals surface area contributed by atoms with Gasteiger partial charge in [-0.3, -0.25) is 0 Å². The number of benzene rings is 1. The summed E-state index contributed by atoms with van der Waals surface area (Å²) in [6.07, 6.45) is 6.70. The van der Waals surface area contributed by atoms with Gasteiger partial charge < -0.3 is 4.74 Å². The smallest absolute Gasteiger partial charge is 0.125 e. The Bertz CT molecular complexity index is 404. The summed E-state index contributed by atoms with van der Waals surface area (Å²) in [6, 6.07) is 4.46. The summed E-state index contributed by atoms with van der Waals surface area (Å²) in [6.45, 7) is 11.5. The van der Waals surface area contributed by atoms with Crippen LogP contribution in [0.15, 0.2) is 24.3 Å². The van der Waals surface area contributed by atoms with Crippen LogP contribution in [0, 0.1) is 13.8 Å². The van der Waals surface area contributed by atoms with Crippen molar-refractivity contribution in [1.29, 1.82) is 0 Å². The van der Waals surface area contributed by atoms with Crippen LogP contribution in [0.4, 0.5) is 0 Å². The van der Waals surface area contributed by atoms with E-state index >= 15 is 0 Å². The van der Waals surface area contributed by atoms with Crippen molar-refractivity contribution in [1.82, 2.24) is 0 Å². The molecule has 100 valence electrons. The second-order valence-electron chi connectivity index (χ2n) is 4.95. The van der Waals surface area contributed by atoms with Gasteiger partial charge >= 0.3 is 0 Å². The molecule has 0 saturated carbocycles. The molecule has 0 aliphatic carbocycles. The lowest BCUT2D eigenvalue weighted by Gasteiger charge is -2.18. The van der Waals surface area contributed by atoms with Crippen molar-refractivity contribution in [2.75, 3.05) is 6.61 Å². The van der Waals surface area contributed by atoms with Crippen LogP contribution in [0.2, 0.25) is 0 Å². The molecule has 1 aromatic rings. The minimum atomic E-state index is 0.507. The van der Waals surface area contributed by atoms with Crippen molar-refractivity contribution < 1.29 is 4.74 Å². The third kappa shape index (κ3) is 3.90. The van der Waals surface area contributed by atoms with Crippen molar-refractivity contribution in [2.24, 2.45) is 0 Å². The van der Waals surface area contributed by atoms with Crippen LogP contribution in [0.3, 0.4) is 0 Å². The minimum absolute atomic E-state index is 0.507. The monoisotopic (exact) mass is 246 g/mol. The molecule has 0 N–H and O–H groups in total. The average Bonchev–Trinajstić information content (AvgIpc) is 2.32. The average molecular weight is 246 g/mol. The van der Waals surface area contributed by atoms with Crippen LogP contribution in [0.5, 0.6) is 5.75 Å². The third-order valence-electron chi connectivity index (χ3n) is 3.16. The van der Waals surface area contributed by atoms with Crippen LogP contribution >= 0.6 is 0 Å². The van der Waals surface area contributed by atoms with Gasteiger partial charge in [-0.25, -0.2) is 0 Å². The lowest BCUT2D eigenvalue weighted by Crippen LogP contribution is -2.03. The first-order valence-electron chi connectivity index (χ1n) is 6.99. The fourth-order valence-corrected chi connectivity index (χ4v) is 2.29. The summed E-state index contributed by atoms with van der Waals surface area (Å²) >= 11 is 0. The molecule has 0 aromatic heterocycles. The van der Waals surface area contributed by atoms with E-state index in [9.17, 15) is 0 Å². The fourth-order valence-electron chi connectivity index (χ4n) is 2.29. The van der Waals surface area contributed by atoms with Crippen molar-refractivity contribution in [3.8, 4) is 5.75 Å². The molecule has 0 heterocycles. The summed E-state index contributed by atoms with van der Waals surface area (Å²) in [5.41, 5.74) is 3.91. The molecule has 1 aromatic carbocycles. The van der Waals surface area contributed by atoms with E-state index in [1.165, 1.54) is 16.7 Å². The number of hydrogen-bond acceptors (Lipinski definition) is 1. The number of aryl methyl sites for hydroxylation is 2. The second-order valence-corrected chi connectivity index (χ2v) is 4.95. The van der Waals surface area contributed by atoms with E-state index < -0.39 is 0 Å². The highest BCUT2D eigenvalue weighted by Crippen LogP contribution is 2.33. The molecule has 1 atom stereocenters. The molecule has 1 unspecified atom stereocenters. The molecule has 0 saturated heterocycles. The van der Waals surface area contributed by atoms with E-state index in [4.69, 9.17) is 4.74 Å². The van der Waals surface area contributed by atoms with Gasteiger partial charge in [0.05, 0.1) is 6.61 Å². The second kappa shape index (κ2) is 7.25. The summed E-state index contributed by atoms with van der Waals surface area (Å²) in [5, 5.41) is 0. The Morgan fingerprint density at radius 3 is 2.50 bits per heavy atom. The molecular weight excluding hydrogens is 220 g/mol. The van der Waals surface area contributed by atoms with Gasteiger partial charge in [0.1, 0.15) is 5.75 Å². The maximum absolute atomic E-state index is 5.83. The van der Waals surface area contributed by atoms with Crippen LogP contribution in [-0.2, 0) is 0 Å². The van der Waals surface area contributed by atoms with Crippen LogP contribution < -0.4 is 4.74 Å². The zero-order valence-corrected chi connectivity index (χ0v) is 12.4. The summed E-state index contributed by atoms with van der Waals surface area (Å²) in [4.78, 5) is 0. The molecule has 1 nitrogen and oxygen atoms in total. The Balaban J connectivity index is 3.00. The van der Waals surface area contributed by atoms with Gasteiger partial charge in [-0.2, -0.15) is 0 Å². The van der Waals surface area contributed by atoms with E-state index in [1.54, 1.807) is 0 Å². The lowest BCUT2D eigenvalue weighted by atomic mass is 9.93. The molecule has 0 fully saturated rings. The van der Waals surface area contributed by atoms with E-state index in [0.717, 1.165) is 25.2 Å². The SMILES string of the molecule is CC/C=C\CC(C)c1cc(C)cc(C)c1OCC. The van der Waals surface area contributed by atoms with Crippen molar-refractivity contribution in [2.45, 2.75) is 53.4 Å². The lowest BCUT2D eigenvalue weighted by molar-refractivity contribution is 0.332. The number of ether oxygens (including phenoxy) is 1. The zero-order chi connectivity index (χ0) is 13.5. The van der Waals surface area contributed by atoms with E-state index in [-0.39, 0.29) is 0 Å². The third-order valence-corrected chi connectivity index (χ3v) is 3.16. The summed E-state index contributed by atoms with van der Waals surface area (Å²) in [5.74, 6) is 1.59. The number of hydrogen-bond donors (Lipinski definition) is 0. The molecule has 0 aliphatic rings. The van der Waals surface area contributed by atoms with Gasteiger partial charge in [0.15, 0.2) is 0 Å². The molecule has 1 rings (SSSR count). The quantitative estimate of drug-likeness (QED) is 0.630. The molecule has 0 aliphatic heterocycles. The predicted octanol–water partition coefficient (Wildman–Crippen LogP) is 5.16. The Kier molecular flexibility index (Phi) is 5.97. The Hall–Kier alpha value is -1.24. The minimum Gasteiger partial charge on any atom is -0.493 e. The molecule has 0 amide bonds. The molecule has 1 heteroatoms. The maximum atomic E-state index is 5.83. The van der Waals surface area contributed by atoms with Crippen LogP contribution in [-0.4, -0.2) is 6.61 Å². The first kappa shape index (κ1) is 14.8. The molecule has 0 spiro atoms. The normalized spacial score (nSPS) is 12.9. The largest absolute Gasteiger partial charge is 0.493 e. The Labute approximate surface area is 112 Å². The van der Waals surface area contributed by atoms with Gasteiger partial charge in [-0.1, -0.05) is 43.7 Å². The Morgan fingerprint density at radius 1 is 1.17 bits per heavy atom. The van der Waals surface area contributed by atoms with Gasteiger partial charge in [-0.05, 0) is 50.7 Å². The van der Waals surface area contributed by atoms with Gasteiger partial charge in [0, 0.05) is 0 Å². The first-order valence-corrected chi connectivity index (χ1v) is 6.99. The summed E-state index contributed by atoms with van der Waals surface area (Å²) in [7, 11) is 0. The number of allylic oxidation sites excluding steroid dienone is 2. The zero-order valence-electron chi connectivity index (χ0n) is 12.4. The van der Waals surface area contributed by atoms with E-state index in [1.807, 2.05) is 6.92 Å². The molecule has 0 radical (unpaired) electrons. The van der Waals surface area contributed by atoms with Gasteiger partial charge in [0.25, 0.3) is 0 Å². The standard InChI is InChI=1S/C17H26O/c1-6-8-9-10-14(4)16-12-13(3)11-15(5)17(16)18-7-2/h8-9,11-12,14H,6-7,10H2,1-5H3/b9-8-. The summed E-state index contributed by atoms with van der Waals surface area (Å²) < 4.78 is 5.83. The maximum Gasteiger partial charge on any atom is 0.125 e. The Morgan fingerprint density at radius 2 is 1.89 bits per heavy atom. The highest BCUT2D eigenvalue weighted by atomic mass is 16.5. The van der Waals surface area contributed by atoms with Crippen molar-refractivity contribution in [3.63, 3.8) is 0 Å². The topological polar surface area (TPSA) is 9.23 Å². The van der Waals surface area contributed by atoms with Gasteiger partial charge in [0.2, 0.25) is 0 Å². The highest BCUT2D eigenvalue weighted by molar-refractivity contribution is 5.45. The van der Waals surface area contributed by atoms with E-state index in [0.29, 0.717) is 5.92 Å². The van der Waals surface area contributed by atoms with Gasteiger partial charge in [-0.15, -0.1) is 0 Å². The highest BCUT2D eigenvalue weighted by Gasteiger charge is 2.13. The van der Waals surface area contributed by atoms with Crippen molar-refractivity contribution >= 4 is 0 Å². The fraction of sp³-hybridized carbons (Fsp3) is 0.529. The molecule has 0 bridgehead atoms. The number of rotatable bonds is 6. The van der Waals surface area contributed by atoms with Crippen molar-refractivity contribution in [3.05, 3.63) is 41.0 Å². The predicted molar refractivity (Wildman–Crippen MR) is 79.5 cm³/mol. The van der Waals surface area contributed by atoms with E-state index in [2.05, 4.69) is 52.0 Å². The molecular formula is C17H26O. The molecule has 18 heavy (non-hydrogen) atoms. The first-order chi connectivity index (χ1) is 8.60. The van der Waals surface area contributed by atoms with Crippen LogP contribution in [0.25, 0.3) is 0 Å². The van der Waals surface area contributed by atoms with Crippen LogP contribution in [0.1, 0.15) is 56.2 Å².